The molecule has 0 aromatic heterocycles. The van der Waals surface area contributed by atoms with Crippen molar-refractivity contribution in [2.75, 3.05) is 13.1 Å². The van der Waals surface area contributed by atoms with Crippen molar-refractivity contribution in [1.29, 1.82) is 5.41 Å². The second-order valence-corrected chi connectivity index (χ2v) is 6.04. The Hall–Kier alpha value is -1.35. The number of hydrogen-bond donors (Lipinski definition) is 2. The summed E-state index contributed by atoms with van der Waals surface area (Å²) >= 11 is 0. The molecule has 0 bridgehead atoms. The summed E-state index contributed by atoms with van der Waals surface area (Å²) in [5, 5.41) is 7.59. The van der Waals surface area contributed by atoms with Gasteiger partial charge in [0.1, 0.15) is 0 Å². The Morgan fingerprint density at radius 2 is 2.06 bits per heavy atom. The van der Waals surface area contributed by atoms with E-state index in [2.05, 4.69) is 43.0 Å². The Morgan fingerprint density at radius 3 is 2.56 bits per heavy atom. The second kappa shape index (κ2) is 5.11. The molecule has 1 unspecified atom stereocenters. The van der Waals surface area contributed by atoms with Gasteiger partial charge in [0.05, 0.1) is 5.84 Å². The van der Waals surface area contributed by atoms with Gasteiger partial charge >= 0.3 is 0 Å². The number of rotatable bonds is 4. The zero-order valence-corrected chi connectivity index (χ0v) is 11.3. The lowest BCUT2D eigenvalue weighted by atomic mass is 9.93. The molecule has 0 spiro atoms. The van der Waals surface area contributed by atoms with Crippen LogP contribution in [0.3, 0.4) is 0 Å². The van der Waals surface area contributed by atoms with Crippen molar-refractivity contribution in [3.8, 4) is 0 Å². The topological polar surface area (TPSA) is 53.1 Å². The summed E-state index contributed by atoms with van der Waals surface area (Å²) in [4.78, 5) is 2.47. The summed E-state index contributed by atoms with van der Waals surface area (Å²) < 4.78 is 0. The monoisotopic (exact) mass is 245 g/mol. The number of amidine groups is 1. The number of likely N-dealkylation sites (tertiary alicyclic amines) is 1. The molecule has 1 saturated heterocycles. The third kappa shape index (κ3) is 3.10. The fourth-order valence-electron chi connectivity index (χ4n) is 2.76. The van der Waals surface area contributed by atoms with Crippen LogP contribution in [0, 0.1) is 10.8 Å². The van der Waals surface area contributed by atoms with E-state index in [9.17, 15) is 0 Å². The second-order valence-electron chi connectivity index (χ2n) is 6.04. The van der Waals surface area contributed by atoms with Gasteiger partial charge in [0.2, 0.25) is 0 Å². The number of nitrogens with two attached hydrogens (primary N) is 1. The molecule has 1 aliphatic rings. The van der Waals surface area contributed by atoms with Crippen molar-refractivity contribution in [3.05, 3.63) is 35.9 Å². The van der Waals surface area contributed by atoms with Crippen LogP contribution in [0.5, 0.6) is 0 Å². The van der Waals surface area contributed by atoms with Crippen LogP contribution < -0.4 is 5.73 Å². The van der Waals surface area contributed by atoms with Gasteiger partial charge in [-0.1, -0.05) is 44.2 Å². The maximum atomic E-state index is 7.59. The SMILES string of the molecule is CC1(C)CCN(C(CC(=N)N)c2ccccc2)C1. The molecule has 1 atom stereocenters. The van der Waals surface area contributed by atoms with Crippen molar-refractivity contribution in [3.63, 3.8) is 0 Å². The maximum Gasteiger partial charge on any atom is 0.0924 e. The Labute approximate surface area is 109 Å². The highest BCUT2D eigenvalue weighted by atomic mass is 15.2. The molecular weight excluding hydrogens is 222 g/mol. The number of nitrogens with one attached hydrogen (secondary N) is 1. The minimum Gasteiger partial charge on any atom is -0.388 e. The van der Waals surface area contributed by atoms with E-state index in [0.717, 1.165) is 13.1 Å². The molecular formula is C15H23N3. The highest BCUT2D eigenvalue weighted by Crippen LogP contribution is 2.36. The van der Waals surface area contributed by atoms with Gasteiger partial charge in [-0.15, -0.1) is 0 Å². The lowest BCUT2D eigenvalue weighted by molar-refractivity contribution is 0.223. The highest BCUT2D eigenvalue weighted by molar-refractivity contribution is 5.77. The fraction of sp³-hybridized carbons (Fsp3) is 0.533. The van der Waals surface area contributed by atoms with E-state index in [1.165, 1.54) is 12.0 Å². The maximum absolute atomic E-state index is 7.59. The van der Waals surface area contributed by atoms with Crippen LogP contribution in [0.1, 0.15) is 38.3 Å². The fourth-order valence-corrected chi connectivity index (χ4v) is 2.76. The van der Waals surface area contributed by atoms with Gasteiger partial charge in [-0.05, 0) is 23.9 Å². The molecule has 1 aromatic carbocycles. The van der Waals surface area contributed by atoms with E-state index in [4.69, 9.17) is 11.1 Å². The first-order valence-corrected chi connectivity index (χ1v) is 6.60. The van der Waals surface area contributed by atoms with Crippen molar-refractivity contribution in [2.45, 2.75) is 32.7 Å². The molecule has 0 aliphatic carbocycles. The molecule has 0 radical (unpaired) electrons. The van der Waals surface area contributed by atoms with Gasteiger partial charge in [0.15, 0.2) is 0 Å². The van der Waals surface area contributed by atoms with Crippen LogP contribution in [-0.2, 0) is 0 Å². The quantitative estimate of drug-likeness (QED) is 0.633. The first kappa shape index (κ1) is 13.1. The van der Waals surface area contributed by atoms with Crippen LogP contribution in [0.2, 0.25) is 0 Å². The normalized spacial score (nSPS) is 20.8. The lowest BCUT2D eigenvalue weighted by Crippen LogP contribution is -2.31. The summed E-state index contributed by atoms with van der Waals surface area (Å²) in [5.41, 5.74) is 7.27. The smallest absolute Gasteiger partial charge is 0.0924 e. The van der Waals surface area contributed by atoms with Crippen molar-refractivity contribution >= 4 is 5.84 Å². The van der Waals surface area contributed by atoms with Crippen LogP contribution in [0.4, 0.5) is 0 Å². The third-order valence-corrected chi connectivity index (χ3v) is 3.75. The third-order valence-electron chi connectivity index (χ3n) is 3.75. The Morgan fingerprint density at radius 1 is 1.39 bits per heavy atom. The number of benzene rings is 1. The van der Waals surface area contributed by atoms with Gasteiger partial charge < -0.3 is 5.73 Å². The molecule has 1 aromatic rings. The molecule has 18 heavy (non-hydrogen) atoms. The van der Waals surface area contributed by atoms with Crippen LogP contribution >= 0.6 is 0 Å². The van der Waals surface area contributed by atoms with E-state index < -0.39 is 0 Å². The summed E-state index contributed by atoms with van der Waals surface area (Å²) in [6, 6.07) is 10.7. The largest absolute Gasteiger partial charge is 0.388 e. The van der Waals surface area contributed by atoms with Gasteiger partial charge in [-0.2, -0.15) is 0 Å². The molecule has 3 N–H and O–H groups in total. The molecule has 0 amide bonds. The summed E-state index contributed by atoms with van der Waals surface area (Å²) in [5.74, 6) is 0.272. The zero-order valence-electron chi connectivity index (χ0n) is 11.3. The highest BCUT2D eigenvalue weighted by Gasteiger charge is 2.33. The van der Waals surface area contributed by atoms with Crippen LogP contribution in [-0.4, -0.2) is 23.8 Å². The Balaban J connectivity index is 2.19. The Kier molecular flexibility index (Phi) is 3.71. The first-order chi connectivity index (χ1) is 8.48. The van der Waals surface area contributed by atoms with Gasteiger partial charge in [0, 0.05) is 19.0 Å². The predicted octanol–water partition coefficient (Wildman–Crippen LogP) is 2.79. The average molecular weight is 245 g/mol. The van der Waals surface area contributed by atoms with Gasteiger partial charge in [-0.3, -0.25) is 10.3 Å². The minimum atomic E-state index is 0.255. The van der Waals surface area contributed by atoms with Gasteiger partial charge in [0.25, 0.3) is 0 Å². The van der Waals surface area contributed by atoms with Crippen molar-refractivity contribution in [1.82, 2.24) is 4.90 Å². The van der Waals surface area contributed by atoms with Crippen LogP contribution in [0.15, 0.2) is 30.3 Å². The molecule has 3 heteroatoms. The average Bonchev–Trinajstić information content (AvgIpc) is 2.67. The minimum absolute atomic E-state index is 0.255. The van der Waals surface area contributed by atoms with Crippen molar-refractivity contribution < 1.29 is 0 Å². The standard InChI is InChI=1S/C15H23N3/c1-15(2)8-9-18(11-15)13(10-14(16)17)12-6-4-3-5-7-12/h3-7,13H,8-11H2,1-2H3,(H3,16,17). The lowest BCUT2D eigenvalue weighted by Gasteiger charge is -2.29. The summed E-state index contributed by atoms with van der Waals surface area (Å²) in [7, 11) is 0. The molecule has 2 rings (SSSR count). The number of hydrogen-bond acceptors (Lipinski definition) is 2. The summed E-state index contributed by atoms with van der Waals surface area (Å²) in [6.45, 7) is 6.80. The van der Waals surface area contributed by atoms with E-state index in [1.807, 2.05) is 6.07 Å². The van der Waals surface area contributed by atoms with Crippen molar-refractivity contribution in [2.24, 2.45) is 11.1 Å². The van der Waals surface area contributed by atoms with E-state index >= 15 is 0 Å². The molecule has 98 valence electrons. The summed E-state index contributed by atoms with van der Waals surface area (Å²) in [6.07, 6.45) is 1.84. The first-order valence-electron chi connectivity index (χ1n) is 6.60. The molecule has 1 fully saturated rings. The molecule has 1 heterocycles. The number of nitrogens with zero attached hydrogens (tertiary/aromatic N) is 1. The van der Waals surface area contributed by atoms with E-state index in [-0.39, 0.29) is 11.9 Å². The molecule has 1 aliphatic heterocycles. The Bertz CT molecular complexity index is 411. The van der Waals surface area contributed by atoms with E-state index in [1.54, 1.807) is 0 Å². The zero-order chi connectivity index (χ0) is 13.2. The molecule has 3 nitrogen and oxygen atoms in total. The predicted molar refractivity (Wildman–Crippen MR) is 75.7 cm³/mol. The molecule has 0 saturated carbocycles. The van der Waals surface area contributed by atoms with Gasteiger partial charge in [-0.25, -0.2) is 0 Å². The van der Waals surface area contributed by atoms with E-state index in [0.29, 0.717) is 11.8 Å². The van der Waals surface area contributed by atoms with Crippen LogP contribution in [0.25, 0.3) is 0 Å².